The predicted octanol–water partition coefficient (Wildman–Crippen LogP) is 6.20. The zero-order valence-electron chi connectivity index (χ0n) is 48.3. The Balaban J connectivity index is 1.41. The van der Waals surface area contributed by atoms with E-state index in [4.69, 9.17) is 28.4 Å². The minimum Gasteiger partial charge on any atom is -0.460 e. The first kappa shape index (κ1) is 64.3. The number of esters is 1. The van der Waals surface area contributed by atoms with E-state index in [1.807, 2.05) is 58.1 Å². The molecule has 3 saturated heterocycles. The van der Waals surface area contributed by atoms with Crippen molar-refractivity contribution >= 4 is 29.2 Å². The Labute approximate surface area is 460 Å². The molecule has 5 aliphatic rings. The summed E-state index contributed by atoms with van der Waals surface area (Å²) in [6.07, 6.45) is 12.9. The molecule has 15 atom stereocenters. The van der Waals surface area contributed by atoms with Gasteiger partial charge in [0.1, 0.15) is 30.1 Å². The van der Waals surface area contributed by atoms with Crippen LogP contribution in [0.2, 0.25) is 0 Å². The summed E-state index contributed by atoms with van der Waals surface area (Å²) >= 11 is 0. The molecule has 1 aliphatic carbocycles. The number of Topliss-reactive ketones (excluding diaryl/α,β-unsaturated/α-hetero) is 3. The molecule has 1 saturated carbocycles. The van der Waals surface area contributed by atoms with Crippen molar-refractivity contribution in [3.8, 4) is 0 Å². The Bertz CT molecular complexity index is 2040. The van der Waals surface area contributed by atoms with Gasteiger partial charge in [0.2, 0.25) is 5.79 Å². The molecule has 5 rings (SSSR count). The van der Waals surface area contributed by atoms with E-state index in [0.29, 0.717) is 50.7 Å². The SMILES string of the molecule is CO[C@@H]1C[C@H](C[C@@H](C)[C@@H]2CC(=O)[C@H](C)/C=C(\C)[C@@H](O)[C@@H](OC)C(=O)[C@H](C)C[C@H](C)/C=C/C=C/C=C(\C)C(OCCO)C[C@@H]3CC[C@@H](C)[C@@](O)(O3)C(=O)C(=O)N3CCCCC3C(=O)O2)CC[C@H]1OCCCN1CCN(C)CC1. The number of ether oxygens (including phenoxy) is 6. The number of likely N-dealkylation sites (N-methyl/N-ethyl adjacent to an activating group) is 1. The highest BCUT2D eigenvalue weighted by Crippen LogP contribution is 2.38. The Kier molecular flexibility index (Phi) is 26.3. The van der Waals surface area contributed by atoms with E-state index < -0.39 is 77.8 Å². The van der Waals surface area contributed by atoms with Gasteiger partial charge in [-0.3, -0.25) is 19.2 Å². The normalized spacial score (nSPS) is 37.7. The van der Waals surface area contributed by atoms with Gasteiger partial charge in [-0.2, -0.15) is 0 Å². The Morgan fingerprint density at radius 2 is 1.56 bits per heavy atom. The van der Waals surface area contributed by atoms with E-state index in [-0.39, 0.29) is 80.5 Å². The maximum atomic E-state index is 14.6. The molecule has 17 nitrogen and oxygen atoms in total. The van der Waals surface area contributed by atoms with Crippen LogP contribution in [0.3, 0.4) is 0 Å². The maximum absolute atomic E-state index is 14.6. The van der Waals surface area contributed by atoms with Gasteiger partial charge in [-0.05, 0) is 120 Å². The van der Waals surface area contributed by atoms with Gasteiger partial charge in [0.25, 0.3) is 11.7 Å². The van der Waals surface area contributed by atoms with Crippen LogP contribution < -0.4 is 0 Å². The third-order valence-corrected chi connectivity index (χ3v) is 17.1. The number of allylic oxidation sites excluding steroid dienone is 6. The Hall–Kier alpha value is -3.49. The molecule has 0 spiro atoms. The number of hydrogen-bond donors (Lipinski definition) is 3. The average molecular weight is 1080 g/mol. The molecule has 3 N–H and O–H groups in total. The summed E-state index contributed by atoms with van der Waals surface area (Å²) in [6.45, 7) is 18.5. The fourth-order valence-electron chi connectivity index (χ4n) is 12.0. The van der Waals surface area contributed by atoms with Gasteiger partial charge in [0.15, 0.2) is 5.78 Å². The van der Waals surface area contributed by atoms with Crippen LogP contribution in [0.5, 0.6) is 0 Å². The minimum atomic E-state index is -2.48. The first-order valence-electron chi connectivity index (χ1n) is 28.9. The molecule has 436 valence electrons. The van der Waals surface area contributed by atoms with Gasteiger partial charge in [0.05, 0.1) is 37.6 Å². The average Bonchev–Trinajstić information content (AvgIpc) is 3.43. The highest BCUT2D eigenvalue weighted by molar-refractivity contribution is 6.39. The number of hydrogen-bond acceptors (Lipinski definition) is 16. The molecule has 0 aromatic carbocycles. The highest BCUT2D eigenvalue weighted by atomic mass is 16.6. The number of ketones is 3. The predicted molar refractivity (Wildman–Crippen MR) is 293 cm³/mol. The topological polar surface area (TPSA) is 211 Å². The van der Waals surface area contributed by atoms with Crippen LogP contribution in [0.1, 0.15) is 132 Å². The lowest BCUT2D eigenvalue weighted by Crippen LogP contribution is -2.61. The summed E-state index contributed by atoms with van der Waals surface area (Å²) in [5.74, 6) is -8.04. The van der Waals surface area contributed by atoms with Gasteiger partial charge < -0.3 is 58.4 Å². The van der Waals surface area contributed by atoms with Crippen molar-refractivity contribution in [3.05, 3.63) is 47.6 Å². The highest BCUT2D eigenvalue weighted by Gasteiger charge is 2.53. The number of cyclic esters (lactones) is 1. The van der Waals surface area contributed by atoms with Crippen molar-refractivity contribution in [2.45, 2.75) is 186 Å². The molecule has 1 amide bonds. The monoisotopic (exact) mass is 1080 g/mol. The third-order valence-electron chi connectivity index (χ3n) is 17.1. The molecule has 2 unspecified atom stereocenters. The lowest BCUT2D eigenvalue weighted by atomic mass is 9.78. The molecule has 0 radical (unpaired) electrons. The van der Waals surface area contributed by atoms with Crippen molar-refractivity contribution in [2.24, 2.45) is 35.5 Å². The van der Waals surface area contributed by atoms with Crippen molar-refractivity contribution in [1.82, 2.24) is 14.7 Å². The van der Waals surface area contributed by atoms with E-state index in [9.17, 15) is 39.3 Å². The number of amides is 1. The molecule has 2 bridgehead atoms. The van der Waals surface area contributed by atoms with Crippen molar-refractivity contribution in [3.63, 3.8) is 0 Å². The Morgan fingerprint density at radius 1 is 0.818 bits per heavy atom. The number of piperidine rings is 1. The summed E-state index contributed by atoms with van der Waals surface area (Å²) in [7, 11) is 5.25. The molecular formula is C60H97N3O14. The second-order valence-corrected chi connectivity index (χ2v) is 23.3. The van der Waals surface area contributed by atoms with Crippen LogP contribution in [0.25, 0.3) is 0 Å². The molecule has 77 heavy (non-hydrogen) atoms. The smallest absolute Gasteiger partial charge is 0.329 e. The number of nitrogens with zero attached hydrogens (tertiary/aromatic N) is 3. The molecular weight excluding hydrogens is 987 g/mol. The van der Waals surface area contributed by atoms with Crippen LogP contribution >= 0.6 is 0 Å². The number of methoxy groups -OCH3 is 2. The summed E-state index contributed by atoms with van der Waals surface area (Å²) in [6, 6.07) is -1.16. The van der Waals surface area contributed by atoms with Crippen molar-refractivity contribution in [1.29, 1.82) is 0 Å². The van der Waals surface area contributed by atoms with Gasteiger partial charge in [0, 0.05) is 90.7 Å². The molecule has 4 heterocycles. The standard InChI is InChI=1S/C60H97N3O14/c1-39-17-12-11-13-18-40(2)51(75-32-30-64)37-47-22-20-45(7)60(71,77-47)57(68)58(69)63-25-15-14-19-48(63)59(70)76-52(38-49(65)41(3)34-44(6)55(67)56(73-10)54(66)43(5)33-39)42(4)35-46-21-23-50(53(36-46)72-9)74-31-16-24-62-28-26-61(8)27-29-62/h11-13,17-18,34,39,41-43,45-48,50-53,55-56,64,67,71H,14-16,19-33,35-38H2,1-10H3/b13-11+,17-12+,40-18+,44-34+/t39-,41-,42-,43-,45-,46+,47+,48?,50-,51?,52+,53-,55-,56+,60-/m1/s1. The van der Waals surface area contributed by atoms with Crippen LogP contribution in [0, 0.1) is 35.5 Å². The number of rotatable bonds is 13. The van der Waals surface area contributed by atoms with Gasteiger partial charge in [-0.1, -0.05) is 71.1 Å². The summed E-state index contributed by atoms with van der Waals surface area (Å²) < 4.78 is 36.8. The number of fused-ring (bicyclic) bond motifs is 3. The zero-order chi connectivity index (χ0) is 56.4. The molecule has 4 fully saturated rings. The summed E-state index contributed by atoms with van der Waals surface area (Å²) in [5.41, 5.74) is 1.20. The van der Waals surface area contributed by atoms with Crippen LogP contribution in [-0.2, 0) is 52.4 Å². The van der Waals surface area contributed by atoms with E-state index >= 15 is 0 Å². The largest absolute Gasteiger partial charge is 0.460 e. The Morgan fingerprint density at radius 3 is 2.26 bits per heavy atom. The molecule has 17 heteroatoms. The maximum Gasteiger partial charge on any atom is 0.329 e. The summed E-state index contributed by atoms with van der Waals surface area (Å²) in [4.78, 5) is 77.8. The van der Waals surface area contributed by atoms with E-state index in [1.54, 1.807) is 34.0 Å². The zero-order valence-corrected chi connectivity index (χ0v) is 48.3. The van der Waals surface area contributed by atoms with Crippen molar-refractivity contribution < 1.29 is 67.7 Å². The lowest BCUT2D eigenvalue weighted by molar-refractivity contribution is -0.266. The number of carbonyl (C=O) groups excluding carboxylic acids is 5. The van der Waals surface area contributed by atoms with Crippen molar-refractivity contribution in [2.75, 3.05) is 80.4 Å². The van der Waals surface area contributed by atoms with E-state index in [0.717, 1.165) is 64.0 Å². The van der Waals surface area contributed by atoms with E-state index in [1.165, 1.54) is 12.0 Å². The minimum absolute atomic E-state index is 0.00796. The number of piperazine rings is 1. The molecule has 0 aromatic heterocycles. The number of carbonyl (C=O) groups is 5. The van der Waals surface area contributed by atoms with Gasteiger partial charge >= 0.3 is 5.97 Å². The fraction of sp³-hybridized carbons (Fsp3) is 0.783. The molecule has 0 aromatic rings. The second kappa shape index (κ2) is 31.5. The third kappa shape index (κ3) is 18.5. The quantitative estimate of drug-likeness (QED) is 0.0811. The first-order valence-corrected chi connectivity index (χ1v) is 28.9. The number of aliphatic hydroxyl groups is 3. The lowest BCUT2D eigenvalue weighted by Gasteiger charge is -2.43. The molecule has 4 aliphatic heterocycles. The van der Waals surface area contributed by atoms with Gasteiger partial charge in [-0.25, -0.2) is 4.79 Å². The first-order chi connectivity index (χ1) is 36.7. The second-order valence-electron chi connectivity index (χ2n) is 23.3. The van der Waals surface area contributed by atoms with Gasteiger partial charge in [-0.15, -0.1) is 0 Å². The fourth-order valence-corrected chi connectivity index (χ4v) is 12.0. The number of aliphatic hydroxyl groups excluding tert-OH is 2. The van der Waals surface area contributed by atoms with Crippen LogP contribution in [0.4, 0.5) is 0 Å². The van der Waals surface area contributed by atoms with Crippen LogP contribution in [0.15, 0.2) is 47.6 Å². The van der Waals surface area contributed by atoms with E-state index in [2.05, 4.69) is 16.8 Å². The van der Waals surface area contributed by atoms with Crippen LogP contribution in [-0.4, -0.2) is 194 Å². The summed E-state index contributed by atoms with van der Waals surface area (Å²) in [5, 5.41) is 33.4.